The van der Waals surface area contributed by atoms with Gasteiger partial charge in [0.15, 0.2) is 0 Å². The summed E-state index contributed by atoms with van der Waals surface area (Å²) in [5.74, 6) is 0.152. The maximum Gasteiger partial charge on any atom is 0.252 e. The highest BCUT2D eigenvalue weighted by atomic mass is 79.9. The van der Waals surface area contributed by atoms with Gasteiger partial charge in [-0.2, -0.15) is 4.31 Å². The summed E-state index contributed by atoms with van der Waals surface area (Å²) >= 11 is 4.50. The lowest BCUT2D eigenvalue weighted by molar-refractivity contribution is -0.136. The van der Waals surface area contributed by atoms with E-state index in [0.29, 0.717) is 30.4 Å². The van der Waals surface area contributed by atoms with Crippen LogP contribution in [0.2, 0.25) is 0 Å². The molecule has 124 valence electrons. The molecule has 5 nitrogen and oxygen atoms in total. The van der Waals surface area contributed by atoms with Crippen molar-refractivity contribution in [3.05, 3.63) is 15.9 Å². The molecular formula is C14H21BrN2O3S2. The van der Waals surface area contributed by atoms with E-state index in [1.165, 1.54) is 15.6 Å². The number of sulfonamides is 1. The van der Waals surface area contributed by atoms with Gasteiger partial charge in [-0.25, -0.2) is 8.42 Å². The van der Waals surface area contributed by atoms with Crippen molar-refractivity contribution in [1.29, 1.82) is 0 Å². The third-order valence-electron chi connectivity index (χ3n) is 3.84. The second-order valence-electron chi connectivity index (χ2n) is 5.48. The van der Waals surface area contributed by atoms with Crippen LogP contribution in [0, 0.1) is 5.92 Å². The van der Waals surface area contributed by atoms with Crippen molar-refractivity contribution < 1.29 is 13.2 Å². The summed E-state index contributed by atoms with van der Waals surface area (Å²) in [5.41, 5.74) is 0. The highest BCUT2D eigenvalue weighted by Crippen LogP contribution is 2.29. The largest absolute Gasteiger partial charge is 0.340 e. The van der Waals surface area contributed by atoms with E-state index >= 15 is 0 Å². The van der Waals surface area contributed by atoms with E-state index in [4.69, 9.17) is 0 Å². The number of rotatable bonds is 5. The van der Waals surface area contributed by atoms with E-state index in [0.717, 1.165) is 16.6 Å². The van der Waals surface area contributed by atoms with Crippen LogP contribution < -0.4 is 0 Å². The third-order valence-corrected chi connectivity index (χ3v) is 7.83. The molecule has 0 spiro atoms. The maximum atomic E-state index is 12.5. The topological polar surface area (TPSA) is 57.7 Å². The molecule has 1 fully saturated rings. The minimum absolute atomic E-state index is 0.0152. The SMILES string of the molecule is CCCC(C)C(=O)N1CCN(S(=O)(=O)c2ccc(Br)s2)CC1. The van der Waals surface area contributed by atoms with Gasteiger partial charge in [-0.1, -0.05) is 20.3 Å². The van der Waals surface area contributed by atoms with Gasteiger partial charge in [-0.3, -0.25) is 4.79 Å². The predicted octanol–water partition coefficient (Wildman–Crippen LogP) is 2.78. The van der Waals surface area contributed by atoms with Gasteiger partial charge in [0, 0.05) is 32.1 Å². The van der Waals surface area contributed by atoms with Crippen LogP contribution in [0.1, 0.15) is 26.7 Å². The van der Waals surface area contributed by atoms with Crippen molar-refractivity contribution in [2.45, 2.75) is 30.9 Å². The zero-order valence-corrected chi connectivity index (χ0v) is 16.0. The fourth-order valence-electron chi connectivity index (χ4n) is 2.58. The standard InChI is InChI=1S/C14H21BrN2O3S2/c1-3-4-11(2)14(18)16-7-9-17(10-8-16)22(19,20)13-6-5-12(15)21-13/h5-6,11H,3-4,7-10H2,1-2H3. The van der Waals surface area contributed by atoms with Crippen LogP contribution in [0.3, 0.4) is 0 Å². The van der Waals surface area contributed by atoms with E-state index in [1.54, 1.807) is 17.0 Å². The Morgan fingerprint density at radius 3 is 2.45 bits per heavy atom. The van der Waals surface area contributed by atoms with Crippen LogP contribution in [0.4, 0.5) is 0 Å². The normalized spacial score (nSPS) is 18.4. The van der Waals surface area contributed by atoms with Crippen LogP contribution in [-0.2, 0) is 14.8 Å². The Hall–Kier alpha value is -0.440. The first-order chi connectivity index (χ1) is 10.4. The van der Waals surface area contributed by atoms with Crippen molar-refractivity contribution in [2.75, 3.05) is 26.2 Å². The van der Waals surface area contributed by atoms with Crippen molar-refractivity contribution in [2.24, 2.45) is 5.92 Å². The van der Waals surface area contributed by atoms with Crippen molar-refractivity contribution in [3.63, 3.8) is 0 Å². The molecule has 1 atom stereocenters. The molecule has 1 saturated heterocycles. The summed E-state index contributed by atoms with van der Waals surface area (Å²) in [5, 5.41) is 0. The minimum atomic E-state index is -3.44. The lowest BCUT2D eigenvalue weighted by Gasteiger charge is -2.35. The molecule has 0 aliphatic carbocycles. The first kappa shape index (κ1) is 17.9. The molecule has 2 rings (SSSR count). The van der Waals surface area contributed by atoms with Gasteiger partial charge in [0.25, 0.3) is 10.0 Å². The van der Waals surface area contributed by atoms with Gasteiger partial charge in [0.05, 0.1) is 3.79 Å². The van der Waals surface area contributed by atoms with Crippen molar-refractivity contribution >= 4 is 43.2 Å². The predicted molar refractivity (Wildman–Crippen MR) is 91.4 cm³/mol. The van der Waals surface area contributed by atoms with Gasteiger partial charge < -0.3 is 4.90 Å². The Bertz CT molecular complexity index is 622. The molecule has 1 aliphatic rings. The first-order valence-corrected chi connectivity index (χ1v) is 10.5. The van der Waals surface area contributed by atoms with E-state index < -0.39 is 10.0 Å². The van der Waals surface area contributed by atoms with E-state index in [2.05, 4.69) is 22.9 Å². The van der Waals surface area contributed by atoms with Gasteiger partial charge >= 0.3 is 0 Å². The number of hydrogen-bond acceptors (Lipinski definition) is 4. The van der Waals surface area contributed by atoms with Crippen LogP contribution in [-0.4, -0.2) is 49.7 Å². The Morgan fingerprint density at radius 1 is 1.32 bits per heavy atom. The van der Waals surface area contributed by atoms with E-state index in [9.17, 15) is 13.2 Å². The second-order valence-corrected chi connectivity index (χ2v) is 10.1. The number of carbonyl (C=O) groups is 1. The summed E-state index contributed by atoms with van der Waals surface area (Å²) in [6, 6.07) is 3.36. The van der Waals surface area contributed by atoms with Crippen molar-refractivity contribution in [1.82, 2.24) is 9.21 Å². The molecule has 0 saturated carbocycles. The highest BCUT2D eigenvalue weighted by molar-refractivity contribution is 9.11. The maximum absolute atomic E-state index is 12.5. The molecule has 1 aliphatic heterocycles. The van der Waals surface area contributed by atoms with Crippen LogP contribution in [0.25, 0.3) is 0 Å². The van der Waals surface area contributed by atoms with Gasteiger partial charge in [0.1, 0.15) is 4.21 Å². The summed E-state index contributed by atoms with van der Waals surface area (Å²) in [7, 11) is -3.44. The molecule has 0 aromatic carbocycles. The number of hydrogen-bond donors (Lipinski definition) is 0. The third kappa shape index (κ3) is 3.90. The highest BCUT2D eigenvalue weighted by Gasteiger charge is 2.32. The molecule has 8 heteroatoms. The Kier molecular flexibility index (Phi) is 6.04. The monoisotopic (exact) mass is 408 g/mol. The molecule has 2 heterocycles. The Morgan fingerprint density at radius 2 is 1.95 bits per heavy atom. The summed E-state index contributed by atoms with van der Waals surface area (Å²) in [6.07, 6.45) is 1.86. The van der Waals surface area contributed by atoms with Gasteiger partial charge in [0.2, 0.25) is 5.91 Å². The summed E-state index contributed by atoms with van der Waals surface area (Å²) < 4.78 is 27.7. The average Bonchev–Trinajstić information content (AvgIpc) is 2.94. The van der Waals surface area contributed by atoms with E-state index in [-0.39, 0.29) is 11.8 Å². The van der Waals surface area contributed by atoms with Crippen LogP contribution in [0.5, 0.6) is 0 Å². The second kappa shape index (κ2) is 7.42. The fourth-order valence-corrected chi connectivity index (χ4v) is 6.17. The zero-order chi connectivity index (χ0) is 16.3. The molecule has 0 radical (unpaired) electrons. The molecule has 1 aromatic rings. The number of nitrogens with zero attached hydrogens (tertiary/aromatic N) is 2. The molecule has 0 N–H and O–H groups in total. The zero-order valence-electron chi connectivity index (χ0n) is 12.8. The fraction of sp³-hybridized carbons (Fsp3) is 0.643. The Labute approximate surface area is 144 Å². The summed E-state index contributed by atoms with van der Waals surface area (Å²) in [6.45, 7) is 5.67. The molecule has 1 aromatic heterocycles. The average molecular weight is 409 g/mol. The smallest absolute Gasteiger partial charge is 0.252 e. The lowest BCUT2D eigenvalue weighted by Crippen LogP contribution is -2.51. The molecular weight excluding hydrogens is 388 g/mol. The quantitative estimate of drug-likeness (QED) is 0.752. The number of piperazine rings is 1. The van der Waals surface area contributed by atoms with Crippen LogP contribution in [0.15, 0.2) is 20.1 Å². The van der Waals surface area contributed by atoms with Gasteiger partial charge in [-0.15, -0.1) is 11.3 Å². The van der Waals surface area contributed by atoms with E-state index in [1.807, 2.05) is 6.92 Å². The molecule has 22 heavy (non-hydrogen) atoms. The number of thiophene rings is 1. The first-order valence-electron chi connectivity index (χ1n) is 7.40. The number of carbonyl (C=O) groups excluding carboxylic acids is 1. The number of amides is 1. The van der Waals surface area contributed by atoms with Crippen LogP contribution >= 0.6 is 27.3 Å². The number of halogens is 1. The van der Waals surface area contributed by atoms with Gasteiger partial charge in [-0.05, 0) is 34.5 Å². The molecule has 1 amide bonds. The molecule has 1 unspecified atom stereocenters. The minimum Gasteiger partial charge on any atom is -0.340 e. The molecule has 0 bridgehead atoms. The Balaban J connectivity index is 1.99. The van der Waals surface area contributed by atoms with Crippen molar-refractivity contribution in [3.8, 4) is 0 Å². The summed E-state index contributed by atoms with van der Waals surface area (Å²) in [4.78, 5) is 14.1. The lowest BCUT2D eigenvalue weighted by atomic mass is 10.0.